The Hall–Kier alpha value is -1.40. The van der Waals surface area contributed by atoms with E-state index in [0.717, 1.165) is 9.35 Å². The molecule has 2 heterocycles. The van der Waals surface area contributed by atoms with Crippen LogP contribution in [0.5, 0.6) is 0 Å². The highest BCUT2D eigenvalue weighted by Crippen LogP contribution is 2.17. The zero-order chi connectivity index (χ0) is 11.4. The van der Waals surface area contributed by atoms with E-state index in [-0.39, 0.29) is 11.7 Å². The second-order valence-electron chi connectivity index (χ2n) is 2.84. The number of halogens is 1. The molecule has 0 radical (unpaired) electrons. The van der Waals surface area contributed by atoms with Gasteiger partial charge in [-0.2, -0.15) is 5.10 Å². The van der Waals surface area contributed by atoms with E-state index in [0.29, 0.717) is 0 Å². The molecule has 0 aliphatic carbocycles. The summed E-state index contributed by atoms with van der Waals surface area (Å²) < 4.78 is 5.91. The molecule has 4 nitrogen and oxygen atoms in total. The number of furan rings is 1. The molecule has 0 saturated carbocycles. The van der Waals surface area contributed by atoms with Crippen LogP contribution >= 0.6 is 27.3 Å². The van der Waals surface area contributed by atoms with Crippen molar-refractivity contribution in [2.45, 2.75) is 0 Å². The summed E-state index contributed by atoms with van der Waals surface area (Å²) in [5, 5.41) is 5.76. The van der Waals surface area contributed by atoms with Crippen LogP contribution in [-0.2, 0) is 0 Å². The number of amides is 1. The van der Waals surface area contributed by atoms with Crippen LogP contribution in [-0.4, -0.2) is 12.1 Å². The molecular weight excluding hydrogens is 292 g/mol. The maximum Gasteiger partial charge on any atom is 0.307 e. The van der Waals surface area contributed by atoms with Crippen molar-refractivity contribution in [2.75, 3.05) is 0 Å². The van der Waals surface area contributed by atoms with Gasteiger partial charge in [-0.15, -0.1) is 11.3 Å². The Kier molecular flexibility index (Phi) is 3.53. The summed E-state index contributed by atoms with van der Waals surface area (Å²) in [5.41, 5.74) is 2.37. The number of carbonyl (C=O) groups excluding carboxylic acids is 1. The Morgan fingerprint density at radius 1 is 1.62 bits per heavy atom. The van der Waals surface area contributed by atoms with E-state index in [1.54, 1.807) is 18.3 Å². The molecule has 1 N–H and O–H groups in total. The minimum atomic E-state index is -0.364. The van der Waals surface area contributed by atoms with Crippen LogP contribution in [0.25, 0.3) is 0 Å². The molecule has 1 amide bonds. The van der Waals surface area contributed by atoms with Gasteiger partial charge in [0.25, 0.3) is 0 Å². The van der Waals surface area contributed by atoms with Gasteiger partial charge >= 0.3 is 5.91 Å². The number of hydrogen-bond donors (Lipinski definition) is 1. The number of rotatable bonds is 3. The van der Waals surface area contributed by atoms with E-state index in [2.05, 4.69) is 26.5 Å². The second-order valence-corrected chi connectivity index (χ2v) is 4.70. The summed E-state index contributed by atoms with van der Waals surface area (Å²) in [6.45, 7) is 0. The fraction of sp³-hybridized carbons (Fsp3) is 0. The number of thiophene rings is 1. The van der Waals surface area contributed by atoms with Gasteiger partial charge in [0.05, 0.1) is 12.5 Å². The Balaban J connectivity index is 1.93. The van der Waals surface area contributed by atoms with Gasteiger partial charge in [-0.05, 0) is 34.1 Å². The molecule has 2 aromatic rings. The van der Waals surface area contributed by atoms with Crippen LogP contribution in [0.15, 0.2) is 43.8 Å². The lowest BCUT2D eigenvalue weighted by Crippen LogP contribution is -2.16. The van der Waals surface area contributed by atoms with Gasteiger partial charge in [0.15, 0.2) is 5.76 Å². The third-order valence-electron chi connectivity index (χ3n) is 1.69. The van der Waals surface area contributed by atoms with Gasteiger partial charge in [0.1, 0.15) is 0 Å². The van der Waals surface area contributed by atoms with Crippen molar-refractivity contribution in [2.24, 2.45) is 5.10 Å². The summed E-state index contributed by atoms with van der Waals surface area (Å²) in [7, 11) is 0. The van der Waals surface area contributed by atoms with Crippen LogP contribution < -0.4 is 5.43 Å². The van der Waals surface area contributed by atoms with E-state index in [1.807, 2.05) is 11.4 Å². The smallest absolute Gasteiger partial charge is 0.307 e. The predicted octanol–water partition coefficient (Wildman–Crippen LogP) is 2.87. The number of nitrogens with one attached hydrogen (secondary N) is 1. The fourth-order valence-electron chi connectivity index (χ4n) is 1.01. The molecule has 0 atom stereocenters. The summed E-state index contributed by atoms with van der Waals surface area (Å²) in [6, 6.07) is 5.13. The van der Waals surface area contributed by atoms with Gasteiger partial charge in [-0.3, -0.25) is 4.79 Å². The number of hydrogen-bond acceptors (Lipinski definition) is 4. The highest BCUT2D eigenvalue weighted by atomic mass is 79.9. The summed E-state index contributed by atoms with van der Waals surface area (Å²) >= 11 is 4.86. The minimum Gasteiger partial charge on any atom is -0.459 e. The first-order chi connectivity index (χ1) is 7.75. The van der Waals surface area contributed by atoms with Crippen molar-refractivity contribution in [3.63, 3.8) is 0 Å². The molecule has 0 bridgehead atoms. The lowest BCUT2D eigenvalue weighted by Gasteiger charge is -1.93. The molecule has 0 spiro atoms. The Labute approximate surface area is 104 Å². The molecule has 0 saturated heterocycles. The van der Waals surface area contributed by atoms with Crippen LogP contribution in [0.3, 0.4) is 0 Å². The number of carbonyl (C=O) groups is 1. The van der Waals surface area contributed by atoms with Crippen LogP contribution in [0.4, 0.5) is 0 Å². The molecule has 0 aliphatic heterocycles. The van der Waals surface area contributed by atoms with E-state index in [4.69, 9.17) is 4.42 Å². The van der Waals surface area contributed by atoms with Gasteiger partial charge in [-0.25, -0.2) is 5.43 Å². The maximum absolute atomic E-state index is 11.4. The van der Waals surface area contributed by atoms with Crippen molar-refractivity contribution in [3.05, 3.63) is 45.0 Å². The monoisotopic (exact) mass is 298 g/mol. The zero-order valence-corrected chi connectivity index (χ0v) is 10.4. The Morgan fingerprint density at radius 3 is 3.12 bits per heavy atom. The molecular formula is C10H7BrN2O2S. The largest absolute Gasteiger partial charge is 0.459 e. The van der Waals surface area contributed by atoms with E-state index >= 15 is 0 Å². The van der Waals surface area contributed by atoms with Crippen molar-refractivity contribution in [1.82, 2.24) is 5.43 Å². The first-order valence-corrected chi connectivity index (χ1v) is 6.04. The normalized spacial score (nSPS) is 10.8. The predicted molar refractivity (Wildman–Crippen MR) is 65.8 cm³/mol. The highest BCUT2D eigenvalue weighted by Gasteiger charge is 2.05. The molecule has 0 unspecified atom stereocenters. The van der Waals surface area contributed by atoms with E-state index < -0.39 is 0 Å². The SMILES string of the molecule is O=C(N/N=C/c1cc(Br)cs1)c1ccco1. The fourth-order valence-corrected chi connectivity index (χ4v) is 2.32. The molecule has 2 aromatic heterocycles. The quantitative estimate of drug-likeness (QED) is 0.700. The molecule has 16 heavy (non-hydrogen) atoms. The Morgan fingerprint density at radius 2 is 2.50 bits per heavy atom. The van der Waals surface area contributed by atoms with Gasteiger partial charge in [0, 0.05) is 14.7 Å². The second kappa shape index (κ2) is 5.09. The molecule has 0 aromatic carbocycles. The van der Waals surface area contributed by atoms with Crippen molar-refractivity contribution >= 4 is 39.4 Å². The molecule has 82 valence electrons. The summed E-state index contributed by atoms with van der Waals surface area (Å²) in [4.78, 5) is 12.3. The van der Waals surface area contributed by atoms with E-state index in [9.17, 15) is 4.79 Å². The van der Waals surface area contributed by atoms with Crippen molar-refractivity contribution < 1.29 is 9.21 Å². The lowest BCUT2D eigenvalue weighted by molar-refractivity contribution is 0.0927. The topological polar surface area (TPSA) is 54.6 Å². The average Bonchev–Trinajstić information content (AvgIpc) is 2.89. The summed E-state index contributed by atoms with van der Waals surface area (Å²) in [5.74, 6) is -0.124. The van der Waals surface area contributed by atoms with Crippen LogP contribution in [0.2, 0.25) is 0 Å². The number of hydrazone groups is 1. The summed E-state index contributed by atoms with van der Waals surface area (Å²) in [6.07, 6.45) is 3.02. The number of nitrogens with zero attached hydrogens (tertiary/aromatic N) is 1. The maximum atomic E-state index is 11.4. The van der Waals surface area contributed by atoms with Gasteiger partial charge in [-0.1, -0.05) is 0 Å². The Bertz CT molecular complexity index is 505. The standard InChI is InChI=1S/C10H7BrN2O2S/c11-7-4-8(16-6-7)5-12-13-10(14)9-2-1-3-15-9/h1-6H,(H,13,14)/b12-5+. The van der Waals surface area contributed by atoms with Gasteiger partial charge in [0.2, 0.25) is 0 Å². The molecule has 2 rings (SSSR count). The highest BCUT2D eigenvalue weighted by molar-refractivity contribution is 9.10. The minimum absolute atomic E-state index is 0.240. The van der Waals surface area contributed by atoms with Gasteiger partial charge < -0.3 is 4.42 Å². The van der Waals surface area contributed by atoms with Crippen LogP contribution in [0, 0.1) is 0 Å². The third-order valence-corrected chi connectivity index (χ3v) is 3.32. The molecule has 6 heteroatoms. The first kappa shape index (κ1) is 11.1. The first-order valence-electron chi connectivity index (χ1n) is 4.36. The van der Waals surface area contributed by atoms with Crippen molar-refractivity contribution in [3.8, 4) is 0 Å². The zero-order valence-electron chi connectivity index (χ0n) is 8.01. The van der Waals surface area contributed by atoms with Crippen LogP contribution in [0.1, 0.15) is 15.4 Å². The third kappa shape index (κ3) is 2.80. The molecule has 0 aliphatic rings. The van der Waals surface area contributed by atoms with Crippen molar-refractivity contribution in [1.29, 1.82) is 0 Å². The molecule has 0 fully saturated rings. The lowest BCUT2D eigenvalue weighted by atomic mass is 10.4. The van der Waals surface area contributed by atoms with E-state index in [1.165, 1.54) is 17.6 Å². The average molecular weight is 299 g/mol.